The van der Waals surface area contributed by atoms with Crippen molar-refractivity contribution < 1.29 is 14.4 Å². The smallest absolute Gasteiger partial charge is 0.237 e. The predicted molar refractivity (Wildman–Crippen MR) is 110 cm³/mol. The molecule has 6 heteroatoms. The van der Waals surface area contributed by atoms with Gasteiger partial charge in [-0.3, -0.25) is 14.4 Å². The lowest BCUT2D eigenvalue weighted by Crippen LogP contribution is -2.22. The number of nitrogens with one attached hydrogen (secondary N) is 2. The Kier molecular flexibility index (Phi) is 7.61. The Balaban J connectivity index is 1.95. The third kappa shape index (κ3) is 6.57. The molecule has 2 rings (SSSR count). The van der Waals surface area contributed by atoms with Gasteiger partial charge in [-0.05, 0) is 62.7 Å². The fourth-order valence-corrected chi connectivity index (χ4v) is 3.31. The monoisotopic (exact) mass is 384 g/mol. The van der Waals surface area contributed by atoms with E-state index in [1.807, 2.05) is 38.1 Å². The lowest BCUT2D eigenvalue weighted by Gasteiger charge is -2.13. The molecule has 0 heterocycles. The molecule has 0 saturated heterocycles. The van der Waals surface area contributed by atoms with Gasteiger partial charge in [0.1, 0.15) is 0 Å². The first-order valence-electron chi connectivity index (χ1n) is 8.87. The molecule has 0 radical (unpaired) electrons. The summed E-state index contributed by atoms with van der Waals surface area (Å²) in [6.07, 6.45) is 1.28. The van der Waals surface area contributed by atoms with Crippen LogP contribution in [0, 0.1) is 0 Å². The summed E-state index contributed by atoms with van der Waals surface area (Å²) in [4.78, 5) is 36.3. The second kappa shape index (κ2) is 9.92. The van der Waals surface area contributed by atoms with E-state index in [9.17, 15) is 14.4 Å². The van der Waals surface area contributed by atoms with E-state index in [0.29, 0.717) is 17.7 Å². The number of carbonyl (C=O) groups is 3. The van der Waals surface area contributed by atoms with Crippen molar-refractivity contribution in [3.8, 4) is 0 Å². The minimum atomic E-state index is -0.320. The Hall–Kier alpha value is -2.60. The number of hydrogen-bond donors (Lipinski definition) is 2. The first kappa shape index (κ1) is 20.7. The van der Waals surface area contributed by atoms with Crippen LogP contribution in [0.25, 0.3) is 0 Å². The standard InChI is InChI=1S/C21H24N2O3S/c1-4-6-20(25)22-18-7-5-8-19(13-18)27-15(3)21(26)23-17-11-9-16(10-12-17)14(2)24/h5,7-13,15H,4,6H2,1-3H3,(H,22,25)(H,23,26). The molecule has 0 aromatic heterocycles. The first-order chi connectivity index (χ1) is 12.9. The number of thioether (sulfide) groups is 1. The molecule has 0 saturated carbocycles. The molecule has 0 aliphatic heterocycles. The molecule has 0 aliphatic rings. The molecule has 1 atom stereocenters. The van der Waals surface area contributed by atoms with E-state index in [1.54, 1.807) is 24.3 Å². The second-order valence-electron chi connectivity index (χ2n) is 6.21. The van der Waals surface area contributed by atoms with Crippen LogP contribution in [0.4, 0.5) is 11.4 Å². The van der Waals surface area contributed by atoms with Crippen molar-refractivity contribution in [3.05, 3.63) is 54.1 Å². The number of Topliss-reactive ketones (excluding diaryl/α,β-unsaturated/α-hetero) is 1. The van der Waals surface area contributed by atoms with Gasteiger partial charge in [0, 0.05) is 28.3 Å². The summed E-state index contributed by atoms with van der Waals surface area (Å²) in [5.41, 5.74) is 1.99. The van der Waals surface area contributed by atoms with Crippen LogP contribution in [0.1, 0.15) is 44.0 Å². The number of benzene rings is 2. The van der Waals surface area contributed by atoms with Crippen molar-refractivity contribution in [1.82, 2.24) is 0 Å². The van der Waals surface area contributed by atoms with E-state index in [2.05, 4.69) is 10.6 Å². The highest BCUT2D eigenvalue weighted by Gasteiger charge is 2.15. The van der Waals surface area contributed by atoms with Crippen LogP contribution in [0.5, 0.6) is 0 Å². The topological polar surface area (TPSA) is 75.3 Å². The van der Waals surface area contributed by atoms with Gasteiger partial charge < -0.3 is 10.6 Å². The Bertz CT molecular complexity index is 818. The van der Waals surface area contributed by atoms with Crippen molar-refractivity contribution >= 4 is 40.7 Å². The number of ketones is 1. The molecule has 27 heavy (non-hydrogen) atoms. The fourth-order valence-electron chi connectivity index (χ4n) is 2.39. The molecule has 1 unspecified atom stereocenters. The Morgan fingerprint density at radius 1 is 1.00 bits per heavy atom. The summed E-state index contributed by atoms with van der Waals surface area (Å²) < 4.78 is 0. The minimum Gasteiger partial charge on any atom is -0.326 e. The minimum absolute atomic E-state index is 0.0114. The van der Waals surface area contributed by atoms with Crippen LogP contribution in [0.3, 0.4) is 0 Å². The van der Waals surface area contributed by atoms with Crippen LogP contribution in [0.15, 0.2) is 53.4 Å². The predicted octanol–water partition coefficient (Wildman–Crippen LogP) is 4.75. The lowest BCUT2D eigenvalue weighted by atomic mass is 10.1. The van der Waals surface area contributed by atoms with E-state index in [0.717, 1.165) is 17.0 Å². The summed E-state index contributed by atoms with van der Waals surface area (Å²) in [6, 6.07) is 14.3. The molecule has 0 bridgehead atoms. The molecule has 142 valence electrons. The largest absolute Gasteiger partial charge is 0.326 e. The highest BCUT2D eigenvalue weighted by Crippen LogP contribution is 2.26. The first-order valence-corrected chi connectivity index (χ1v) is 9.75. The SMILES string of the molecule is CCCC(=O)Nc1cccc(SC(C)C(=O)Nc2ccc(C(C)=O)cc2)c1. The zero-order chi connectivity index (χ0) is 19.8. The zero-order valence-corrected chi connectivity index (χ0v) is 16.6. The zero-order valence-electron chi connectivity index (χ0n) is 15.7. The van der Waals surface area contributed by atoms with Gasteiger partial charge in [-0.25, -0.2) is 0 Å². The maximum absolute atomic E-state index is 12.4. The quantitative estimate of drug-likeness (QED) is 0.509. The van der Waals surface area contributed by atoms with Gasteiger partial charge in [0.25, 0.3) is 0 Å². The third-order valence-corrected chi connectivity index (χ3v) is 4.93. The Morgan fingerprint density at radius 3 is 2.33 bits per heavy atom. The fraction of sp³-hybridized carbons (Fsp3) is 0.286. The van der Waals surface area contributed by atoms with Crippen LogP contribution >= 0.6 is 11.8 Å². The van der Waals surface area contributed by atoms with Gasteiger partial charge in [-0.2, -0.15) is 0 Å². The average Bonchev–Trinajstić information content (AvgIpc) is 2.62. The van der Waals surface area contributed by atoms with Gasteiger partial charge in [0.2, 0.25) is 11.8 Å². The van der Waals surface area contributed by atoms with E-state index in [4.69, 9.17) is 0 Å². The van der Waals surface area contributed by atoms with Crippen LogP contribution in [-0.2, 0) is 9.59 Å². The van der Waals surface area contributed by atoms with Crippen molar-refractivity contribution in [2.45, 2.75) is 43.8 Å². The number of anilines is 2. The van der Waals surface area contributed by atoms with Crippen LogP contribution in [-0.4, -0.2) is 22.8 Å². The summed E-state index contributed by atoms with van der Waals surface area (Å²) >= 11 is 1.42. The molecule has 0 fully saturated rings. The van der Waals surface area contributed by atoms with Crippen molar-refractivity contribution in [3.63, 3.8) is 0 Å². The van der Waals surface area contributed by atoms with Gasteiger partial charge >= 0.3 is 0 Å². The number of amides is 2. The summed E-state index contributed by atoms with van der Waals surface area (Å²) in [5.74, 6) is -0.154. The van der Waals surface area contributed by atoms with Gasteiger partial charge in [0.05, 0.1) is 5.25 Å². The summed E-state index contributed by atoms with van der Waals surface area (Å²) in [5, 5.41) is 5.39. The number of rotatable bonds is 8. The molecular formula is C21H24N2O3S. The Labute approximate surface area is 163 Å². The molecule has 2 N–H and O–H groups in total. The molecule has 5 nitrogen and oxygen atoms in total. The molecular weight excluding hydrogens is 360 g/mol. The van der Waals surface area contributed by atoms with Gasteiger partial charge in [-0.1, -0.05) is 13.0 Å². The Morgan fingerprint density at radius 2 is 1.70 bits per heavy atom. The molecule has 2 aromatic rings. The van der Waals surface area contributed by atoms with E-state index < -0.39 is 0 Å². The van der Waals surface area contributed by atoms with Crippen molar-refractivity contribution in [1.29, 1.82) is 0 Å². The third-order valence-electron chi connectivity index (χ3n) is 3.84. The summed E-state index contributed by atoms with van der Waals surface area (Å²) in [7, 11) is 0. The highest BCUT2D eigenvalue weighted by molar-refractivity contribution is 8.00. The van der Waals surface area contributed by atoms with Gasteiger partial charge in [-0.15, -0.1) is 11.8 Å². The summed E-state index contributed by atoms with van der Waals surface area (Å²) in [6.45, 7) is 5.29. The maximum Gasteiger partial charge on any atom is 0.237 e. The van der Waals surface area contributed by atoms with Crippen LogP contribution in [0.2, 0.25) is 0 Å². The molecule has 2 aromatic carbocycles. The molecule has 0 aliphatic carbocycles. The molecule has 2 amide bonds. The highest BCUT2D eigenvalue weighted by atomic mass is 32.2. The van der Waals surface area contributed by atoms with Crippen LogP contribution < -0.4 is 10.6 Å². The van der Waals surface area contributed by atoms with Gasteiger partial charge in [0.15, 0.2) is 5.78 Å². The number of carbonyl (C=O) groups excluding carboxylic acids is 3. The lowest BCUT2D eigenvalue weighted by molar-refractivity contribution is -0.116. The van der Waals surface area contributed by atoms with Crippen molar-refractivity contribution in [2.24, 2.45) is 0 Å². The van der Waals surface area contributed by atoms with Crippen molar-refractivity contribution in [2.75, 3.05) is 10.6 Å². The maximum atomic E-state index is 12.4. The number of hydrogen-bond acceptors (Lipinski definition) is 4. The van der Waals surface area contributed by atoms with E-state index in [1.165, 1.54) is 18.7 Å². The average molecular weight is 385 g/mol. The molecule has 0 spiro atoms. The van der Waals surface area contributed by atoms with E-state index >= 15 is 0 Å². The van der Waals surface area contributed by atoms with E-state index in [-0.39, 0.29) is 22.8 Å². The second-order valence-corrected chi connectivity index (χ2v) is 7.62. The normalized spacial score (nSPS) is 11.5.